The maximum Gasteiger partial charge on any atom is 0.323 e. The molecule has 0 aliphatic carbocycles. The van der Waals surface area contributed by atoms with Crippen LogP contribution in [-0.4, -0.2) is 46.0 Å². The molecule has 8 heteroatoms. The Bertz CT molecular complexity index is 516. The van der Waals surface area contributed by atoms with Gasteiger partial charge in [-0.2, -0.15) is 0 Å². The third-order valence-corrected chi connectivity index (χ3v) is 2.85. The third kappa shape index (κ3) is 4.42. The first kappa shape index (κ1) is 15.3. The van der Waals surface area contributed by atoms with Gasteiger partial charge in [-0.1, -0.05) is 23.2 Å². The molecule has 0 aliphatic heterocycles. The normalized spacial score (nSPS) is 10.0. The van der Waals surface area contributed by atoms with E-state index in [9.17, 15) is 14.4 Å². The van der Waals surface area contributed by atoms with E-state index in [-0.39, 0.29) is 15.6 Å². The molecule has 0 radical (unpaired) electrons. The third-order valence-electron chi connectivity index (χ3n) is 2.11. The first-order valence-corrected chi connectivity index (χ1v) is 5.74. The Morgan fingerprint density at radius 2 is 1.53 bits per heavy atom. The van der Waals surface area contributed by atoms with Crippen molar-refractivity contribution in [3.05, 3.63) is 33.8 Å². The van der Waals surface area contributed by atoms with Gasteiger partial charge in [0.25, 0.3) is 5.91 Å². The van der Waals surface area contributed by atoms with E-state index in [1.54, 1.807) is 0 Å². The van der Waals surface area contributed by atoms with Gasteiger partial charge in [0.15, 0.2) is 0 Å². The van der Waals surface area contributed by atoms with Crippen LogP contribution in [0.1, 0.15) is 10.4 Å². The van der Waals surface area contributed by atoms with E-state index in [1.165, 1.54) is 18.2 Å². The minimum absolute atomic E-state index is 0.0666. The van der Waals surface area contributed by atoms with Crippen LogP contribution in [0.5, 0.6) is 0 Å². The molecule has 0 aliphatic rings. The van der Waals surface area contributed by atoms with Gasteiger partial charge < -0.3 is 15.1 Å². The zero-order chi connectivity index (χ0) is 14.6. The van der Waals surface area contributed by atoms with Crippen molar-refractivity contribution in [2.24, 2.45) is 0 Å². The molecule has 1 aromatic rings. The molecule has 2 N–H and O–H groups in total. The number of nitrogens with zero attached hydrogens (tertiary/aromatic N) is 1. The van der Waals surface area contributed by atoms with Crippen LogP contribution in [0.15, 0.2) is 18.2 Å². The van der Waals surface area contributed by atoms with E-state index in [0.717, 1.165) is 0 Å². The summed E-state index contributed by atoms with van der Waals surface area (Å²) in [6.45, 7) is -1.43. The Morgan fingerprint density at radius 1 is 1.00 bits per heavy atom. The molecule has 6 nitrogen and oxygen atoms in total. The van der Waals surface area contributed by atoms with Crippen LogP contribution in [0.2, 0.25) is 10.0 Å². The highest BCUT2D eigenvalue weighted by atomic mass is 35.5. The second kappa shape index (κ2) is 6.40. The topological polar surface area (TPSA) is 94.9 Å². The Labute approximate surface area is 118 Å². The number of hydrogen-bond acceptors (Lipinski definition) is 3. The molecule has 1 rings (SSSR count). The highest BCUT2D eigenvalue weighted by molar-refractivity contribution is 6.42. The molecule has 1 aromatic carbocycles. The van der Waals surface area contributed by atoms with Gasteiger partial charge in [-0.25, -0.2) is 0 Å². The number of aliphatic carboxylic acids is 2. The summed E-state index contributed by atoms with van der Waals surface area (Å²) in [7, 11) is 0. The summed E-state index contributed by atoms with van der Waals surface area (Å²) >= 11 is 11.4. The summed E-state index contributed by atoms with van der Waals surface area (Å²) in [5, 5.41) is 17.7. The summed E-state index contributed by atoms with van der Waals surface area (Å²) in [5.74, 6) is -3.37. The maximum atomic E-state index is 12.0. The molecular weight excluding hydrogens is 297 g/mol. The Kier molecular flexibility index (Phi) is 5.14. The van der Waals surface area contributed by atoms with Crippen molar-refractivity contribution in [3.8, 4) is 0 Å². The lowest BCUT2D eigenvalue weighted by atomic mass is 10.2. The quantitative estimate of drug-likeness (QED) is 0.861. The second-order valence-electron chi connectivity index (χ2n) is 3.58. The molecule has 0 bridgehead atoms. The zero-order valence-electron chi connectivity index (χ0n) is 9.47. The average molecular weight is 306 g/mol. The standard InChI is InChI=1S/C11H9Cl2NO5/c12-7-2-1-6(3-8(7)13)11(19)14(4-9(15)16)5-10(17)18/h1-3H,4-5H2,(H,15,16)(H,17,18). The van der Waals surface area contributed by atoms with Crippen molar-refractivity contribution in [1.82, 2.24) is 4.90 Å². The van der Waals surface area contributed by atoms with Crippen molar-refractivity contribution < 1.29 is 24.6 Å². The van der Waals surface area contributed by atoms with Crippen LogP contribution in [0.4, 0.5) is 0 Å². The minimum atomic E-state index is -1.31. The lowest BCUT2D eigenvalue weighted by Crippen LogP contribution is -2.39. The first-order chi connectivity index (χ1) is 8.81. The molecule has 0 heterocycles. The molecule has 0 aromatic heterocycles. The number of amides is 1. The van der Waals surface area contributed by atoms with Crippen LogP contribution in [0, 0.1) is 0 Å². The van der Waals surface area contributed by atoms with E-state index >= 15 is 0 Å². The first-order valence-electron chi connectivity index (χ1n) is 4.99. The summed E-state index contributed by atoms with van der Waals surface area (Å²) in [6, 6.07) is 3.97. The summed E-state index contributed by atoms with van der Waals surface area (Å²) < 4.78 is 0. The van der Waals surface area contributed by atoms with Crippen LogP contribution in [0.3, 0.4) is 0 Å². The number of rotatable bonds is 5. The van der Waals surface area contributed by atoms with E-state index in [0.29, 0.717) is 4.90 Å². The average Bonchev–Trinajstić information content (AvgIpc) is 2.29. The summed E-state index contributed by atoms with van der Waals surface area (Å²) in [6.07, 6.45) is 0. The van der Waals surface area contributed by atoms with E-state index in [2.05, 4.69) is 0 Å². The van der Waals surface area contributed by atoms with Crippen molar-refractivity contribution in [2.45, 2.75) is 0 Å². The van der Waals surface area contributed by atoms with Crippen molar-refractivity contribution in [1.29, 1.82) is 0 Å². The molecule has 0 fully saturated rings. The smallest absolute Gasteiger partial charge is 0.323 e. The van der Waals surface area contributed by atoms with E-state index in [1.807, 2.05) is 0 Å². The fourth-order valence-corrected chi connectivity index (χ4v) is 1.64. The monoisotopic (exact) mass is 305 g/mol. The predicted molar refractivity (Wildman–Crippen MR) is 67.6 cm³/mol. The highest BCUT2D eigenvalue weighted by Gasteiger charge is 2.21. The molecule has 1 amide bonds. The van der Waals surface area contributed by atoms with Crippen LogP contribution < -0.4 is 0 Å². The van der Waals surface area contributed by atoms with Gasteiger partial charge in [0.1, 0.15) is 13.1 Å². The minimum Gasteiger partial charge on any atom is -0.480 e. The molecule has 19 heavy (non-hydrogen) atoms. The zero-order valence-corrected chi connectivity index (χ0v) is 11.0. The predicted octanol–water partition coefficient (Wildman–Crippen LogP) is 1.60. The number of hydrogen-bond donors (Lipinski definition) is 2. The van der Waals surface area contributed by atoms with Gasteiger partial charge in [-0.05, 0) is 18.2 Å². The van der Waals surface area contributed by atoms with Crippen molar-refractivity contribution in [2.75, 3.05) is 13.1 Å². The lowest BCUT2D eigenvalue weighted by Gasteiger charge is -2.18. The Balaban J connectivity index is 3.00. The number of carbonyl (C=O) groups is 3. The molecule has 0 atom stereocenters. The lowest BCUT2D eigenvalue weighted by molar-refractivity contribution is -0.140. The molecule has 0 saturated heterocycles. The molecular formula is C11H9Cl2NO5. The molecule has 0 unspecified atom stereocenters. The highest BCUT2D eigenvalue weighted by Crippen LogP contribution is 2.23. The Morgan fingerprint density at radius 3 is 1.95 bits per heavy atom. The molecule has 102 valence electrons. The summed E-state index contributed by atoms with van der Waals surface area (Å²) in [4.78, 5) is 33.9. The van der Waals surface area contributed by atoms with Crippen LogP contribution in [-0.2, 0) is 9.59 Å². The Hall–Kier alpha value is -1.79. The SMILES string of the molecule is O=C(O)CN(CC(=O)O)C(=O)c1ccc(Cl)c(Cl)c1. The van der Waals surface area contributed by atoms with Gasteiger partial charge in [0.05, 0.1) is 10.0 Å². The second-order valence-corrected chi connectivity index (χ2v) is 4.39. The van der Waals surface area contributed by atoms with Crippen LogP contribution in [0.25, 0.3) is 0 Å². The largest absolute Gasteiger partial charge is 0.480 e. The fraction of sp³-hybridized carbons (Fsp3) is 0.182. The molecule has 0 spiro atoms. The number of carboxylic acids is 2. The maximum absolute atomic E-state index is 12.0. The van der Waals surface area contributed by atoms with Crippen LogP contribution >= 0.6 is 23.2 Å². The van der Waals surface area contributed by atoms with E-state index < -0.39 is 30.9 Å². The number of halogens is 2. The number of carboxylic acid groups (broad SMARTS) is 2. The van der Waals surface area contributed by atoms with Gasteiger partial charge in [0.2, 0.25) is 0 Å². The van der Waals surface area contributed by atoms with Crippen molar-refractivity contribution >= 4 is 41.0 Å². The van der Waals surface area contributed by atoms with Gasteiger partial charge in [-0.15, -0.1) is 0 Å². The summed E-state index contributed by atoms with van der Waals surface area (Å²) in [5.41, 5.74) is 0.0666. The van der Waals surface area contributed by atoms with E-state index in [4.69, 9.17) is 33.4 Å². The van der Waals surface area contributed by atoms with Crippen molar-refractivity contribution in [3.63, 3.8) is 0 Å². The van der Waals surface area contributed by atoms with Gasteiger partial charge in [-0.3, -0.25) is 14.4 Å². The van der Waals surface area contributed by atoms with Gasteiger partial charge in [0, 0.05) is 5.56 Å². The number of benzene rings is 1. The van der Waals surface area contributed by atoms with Gasteiger partial charge >= 0.3 is 11.9 Å². The fourth-order valence-electron chi connectivity index (χ4n) is 1.34. The molecule has 0 saturated carbocycles. The number of carbonyl (C=O) groups excluding carboxylic acids is 1.